The number of aromatic nitrogens is 3. The number of rotatable bonds is 5. The Labute approximate surface area is 155 Å². The lowest BCUT2D eigenvalue weighted by atomic mass is 9.93. The maximum Gasteiger partial charge on any atom is 0.343 e. The first kappa shape index (κ1) is 18.8. The van der Waals surface area contributed by atoms with Crippen LogP contribution in [0.15, 0.2) is 35.7 Å². The number of hydrogen-bond donors (Lipinski definition) is 1. The van der Waals surface area contributed by atoms with Crippen molar-refractivity contribution in [2.45, 2.75) is 43.0 Å². The maximum atomic E-state index is 12.7. The molecule has 7 nitrogen and oxygen atoms in total. The monoisotopic (exact) mass is 374 g/mol. The molecule has 1 amide bonds. The largest absolute Gasteiger partial charge is 0.609 e. The minimum absolute atomic E-state index is 0.101. The quantitative estimate of drug-likeness (QED) is 0.634. The molecule has 1 fully saturated rings. The summed E-state index contributed by atoms with van der Waals surface area (Å²) in [5.74, 6) is -0.268. The van der Waals surface area contributed by atoms with Crippen molar-refractivity contribution < 1.29 is 14.1 Å². The Kier molecular flexibility index (Phi) is 6.18. The SMILES string of the molecule is COC1CCC(NC(=O)c2cc(-c3ccncc3)nc([S+](C)[O-])n2)CC1. The number of pyridine rings is 1. The van der Waals surface area contributed by atoms with Gasteiger partial charge in [0.05, 0.1) is 11.8 Å². The zero-order chi connectivity index (χ0) is 18.5. The normalized spacial score (nSPS) is 21.2. The number of carbonyl (C=O) groups excluding carboxylic acids is 1. The van der Waals surface area contributed by atoms with Crippen LogP contribution in [0.5, 0.6) is 0 Å². The van der Waals surface area contributed by atoms with Crippen molar-refractivity contribution in [1.82, 2.24) is 20.3 Å². The number of ether oxygens (including phenoxy) is 1. The summed E-state index contributed by atoms with van der Waals surface area (Å²) in [6.07, 6.45) is 8.67. The van der Waals surface area contributed by atoms with Crippen LogP contribution in [0.4, 0.5) is 0 Å². The number of carbonyl (C=O) groups is 1. The molecule has 1 atom stereocenters. The maximum absolute atomic E-state index is 12.7. The molecule has 26 heavy (non-hydrogen) atoms. The van der Waals surface area contributed by atoms with Crippen molar-refractivity contribution in [2.24, 2.45) is 0 Å². The predicted molar refractivity (Wildman–Crippen MR) is 98.1 cm³/mol. The van der Waals surface area contributed by atoms with Crippen molar-refractivity contribution in [3.63, 3.8) is 0 Å². The fourth-order valence-corrected chi connectivity index (χ4v) is 3.50. The van der Waals surface area contributed by atoms with E-state index in [9.17, 15) is 9.35 Å². The van der Waals surface area contributed by atoms with Gasteiger partial charge in [0.2, 0.25) is 0 Å². The molecule has 3 rings (SSSR count). The number of hydrogen-bond acceptors (Lipinski definition) is 6. The molecule has 1 N–H and O–H groups in total. The molecule has 0 aromatic carbocycles. The summed E-state index contributed by atoms with van der Waals surface area (Å²) in [5, 5.41) is 3.17. The Morgan fingerprint density at radius 3 is 2.54 bits per heavy atom. The Balaban J connectivity index is 1.80. The zero-order valence-electron chi connectivity index (χ0n) is 14.8. The summed E-state index contributed by atoms with van der Waals surface area (Å²) in [7, 11) is 1.72. The van der Waals surface area contributed by atoms with Crippen LogP contribution in [0.1, 0.15) is 36.2 Å². The van der Waals surface area contributed by atoms with Gasteiger partial charge in [-0.1, -0.05) is 0 Å². The van der Waals surface area contributed by atoms with Crippen LogP contribution >= 0.6 is 0 Å². The molecule has 2 heterocycles. The van der Waals surface area contributed by atoms with E-state index in [0.717, 1.165) is 31.2 Å². The Morgan fingerprint density at radius 1 is 1.23 bits per heavy atom. The lowest BCUT2D eigenvalue weighted by molar-refractivity contribution is 0.0598. The molecule has 0 aliphatic heterocycles. The van der Waals surface area contributed by atoms with Crippen LogP contribution in [-0.2, 0) is 15.9 Å². The molecule has 0 radical (unpaired) electrons. The van der Waals surface area contributed by atoms with E-state index in [1.165, 1.54) is 6.26 Å². The van der Waals surface area contributed by atoms with E-state index in [1.54, 1.807) is 37.7 Å². The summed E-state index contributed by atoms with van der Waals surface area (Å²) in [6.45, 7) is 0. The summed E-state index contributed by atoms with van der Waals surface area (Å²) in [5.41, 5.74) is 1.58. The first-order chi connectivity index (χ1) is 12.6. The molecule has 1 aliphatic carbocycles. The minimum atomic E-state index is -1.39. The van der Waals surface area contributed by atoms with Crippen LogP contribution in [0, 0.1) is 0 Å². The van der Waals surface area contributed by atoms with Gasteiger partial charge in [-0.3, -0.25) is 9.78 Å². The second-order valence-corrected chi connectivity index (χ2v) is 7.57. The van der Waals surface area contributed by atoms with E-state index in [-0.39, 0.29) is 28.9 Å². The molecule has 1 saturated carbocycles. The van der Waals surface area contributed by atoms with Crippen LogP contribution in [0.2, 0.25) is 0 Å². The number of nitrogens with one attached hydrogen (secondary N) is 1. The molecule has 2 aromatic rings. The third-order valence-corrected chi connectivity index (χ3v) is 5.21. The standard InChI is InChI=1S/C18H22N4O3S/c1-25-14-5-3-13(4-6-14)20-17(23)16-11-15(12-7-9-19-10-8-12)21-18(22-16)26(2)24/h7-11,13-14H,3-6H2,1-2H3,(H,20,23). The predicted octanol–water partition coefficient (Wildman–Crippen LogP) is 1.96. The van der Waals surface area contributed by atoms with Gasteiger partial charge in [0.25, 0.3) is 5.91 Å². The second-order valence-electron chi connectivity index (χ2n) is 6.29. The number of methoxy groups -OCH3 is 1. The van der Waals surface area contributed by atoms with Gasteiger partial charge in [0, 0.05) is 42.3 Å². The molecular weight excluding hydrogens is 352 g/mol. The minimum Gasteiger partial charge on any atom is -0.609 e. The van der Waals surface area contributed by atoms with Gasteiger partial charge in [-0.05, 0) is 43.9 Å². The van der Waals surface area contributed by atoms with Gasteiger partial charge >= 0.3 is 5.16 Å². The smallest absolute Gasteiger partial charge is 0.343 e. The molecule has 0 spiro atoms. The van der Waals surface area contributed by atoms with E-state index < -0.39 is 11.2 Å². The highest BCUT2D eigenvalue weighted by Crippen LogP contribution is 2.22. The second kappa shape index (κ2) is 8.57. The van der Waals surface area contributed by atoms with Crippen molar-refractivity contribution in [3.8, 4) is 11.3 Å². The fraction of sp³-hybridized carbons (Fsp3) is 0.444. The highest BCUT2D eigenvalue weighted by atomic mass is 32.2. The third kappa shape index (κ3) is 4.57. The van der Waals surface area contributed by atoms with Crippen LogP contribution < -0.4 is 5.32 Å². The van der Waals surface area contributed by atoms with Crippen molar-refractivity contribution in [1.29, 1.82) is 0 Å². The molecule has 138 valence electrons. The lowest BCUT2D eigenvalue weighted by Crippen LogP contribution is -2.39. The summed E-state index contributed by atoms with van der Waals surface area (Å²) in [6, 6.07) is 5.31. The number of amides is 1. The van der Waals surface area contributed by atoms with Gasteiger partial charge in [-0.2, -0.15) is 9.97 Å². The molecule has 0 saturated heterocycles. The first-order valence-electron chi connectivity index (χ1n) is 8.53. The first-order valence-corrected chi connectivity index (χ1v) is 10.1. The summed E-state index contributed by atoms with van der Waals surface area (Å²) < 4.78 is 17.3. The third-order valence-electron chi connectivity index (χ3n) is 4.51. The van der Waals surface area contributed by atoms with Crippen molar-refractivity contribution in [3.05, 3.63) is 36.3 Å². The molecule has 8 heteroatoms. The highest BCUT2D eigenvalue weighted by molar-refractivity contribution is 7.90. The molecule has 0 bridgehead atoms. The Morgan fingerprint density at radius 2 is 1.92 bits per heavy atom. The number of nitrogens with zero attached hydrogens (tertiary/aromatic N) is 3. The Bertz CT molecular complexity index is 749. The van der Waals surface area contributed by atoms with Crippen LogP contribution in [0.25, 0.3) is 11.3 Å². The zero-order valence-corrected chi connectivity index (χ0v) is 15.7. The van der Waals surface area contributed by atoms with Crippen LogP contribution in [-0.4, -0.2) is 50.9 Å². The van der Waals surface area contributed by atoms with Crippen molar-refractivity contribution >= 4 is 17.1 Å². The molecule has 2 aromatic heterocycles. The van der Waals surface area contributed by atoms with E-state index in [4.69, 9.17) is 4.74 Å². The average molecular weight is 374 g/mol. The fourth-order valence-electron chi connectivity index (χ4n) is 3.04. The van der Waals surface area contributed by atoms with Gasteiger partial charge < -0.3 is 14.6 Å². The Hall–Kier alpha value is -2.03. The molecule has 1 aliphatic rings. The topological polar surface area (TPSA) is 100 Å². The summed E-state index contributed by atoms with van der Waals surface area (Å²) in [4.78, 5) is 25.2. The lowest BCUT2D eigenvalue weighted by Gasteiger charge is -2.28. The van der Waals surface area contributed by atoms with E-state index >= 15 is 0 Å². The van der Waals surface area contributed by atoms with E-state index in [2.05, 4.69) is 20.3 Å². The highest BCUT2D eigenvalue weighted by Gasteiger charge is 2.24. The van der Waals surface area contributed by atoms with Gasteiger partial charge in [0.1, 0.15) is 11.9 Å². The van der Waals surface area contributed by atoms with Gasteiger partial charge in [-0.15, -0.1) is 0 Å². The van der Waals surface area contributed by atoms with Crippen LogP contribution in [0.3, 0.4) is 0 Å². The van der Waals surface area contributed by atoms with Crippen molar-refractivity contribution in [2.75, 3.05) is 13.4 Å². The average Bonchev–Trinajstić information content (AvgIpc) is 2.68. The van der Waals surface area contributed by atoms with Gasteiger partial charge in [0.15, 0.2) is 0 Å². The molecular formula is C18H22N4O3S. The van der Waals surface area contributed by atoms with E-state index in [0.29, 0.717) is 5.69 Å². The summed E-state index contributed by atoms with van der Waals surface area (Å²) >= 11 is -1.39. The molecule has 1 unspecified atom stereocenters. The van der Waals surface area contributed by atoms with Gasteiger partial charge in [-0.25, -0.2) is 0 Å². The van der Waals surface area contributed by atoms with E-state index in [1.807, 2.05) is 0 Å².